The van der Waals surface area contributed by atoms with Crippen LogP contribution < -0.4 is 10.1 Å². The second-order valence-electron chi connectivity index (χ2n) is 7.24. The van der Waals surface area contributed by atoms with E-state index in [1.54, 1.807) is 11.8 Å². The van der Waals surface area contributed by atoms with E-state index in [-0.39, 0.29) is 24.5 Å². The summed E-state index contributed by atoms with van der Waals surface area (Å²) in [5.41, 5.74) is 2.07. The first kappa shape index (κ1) is 22.9. The average Bonchev–Trinajstić information content (AvgIpc) is 2.72. The van der Waals surface area contributed by atoms with Crippen molar-refractivity contribution in [3.63, 3.8) is 0 Å². The summed E-state index contributed by atoms with van der Waals surface area (Å²) in [5.74, 6) is 0.227. The highest BCUT2D eigenvalue weighted by molar-refractivity contribution is 9.10. The van der Waals surface area contributed by atoms with Crippen molar-refractivity contribution in [1.82, 2.24) is 10.2 Å². The molecule has 0 saturated heterocycles. The number of amides is 2. The molecular weight excluding hydrogens is 432 g/mol. The van der Waals surface area contributed by atoms with Crippen molar-refractivity contribution in [1.29, 1.82) is 0 Å². The summed E-state index contributed by atoms with van der Waals surface area (Å²) >= 11 is 3.42. The standard InChI is InChI=1S/C23H29BrN2O3/c1-5-17(3)25-23(28)18(4)26(14-19-8-10-20(24)11-9-19)22(27)15-29-21-12-6-16(2)7-13-21/h6-13,17-18H,5,14-15H2,1-4H3,(H,25,28)/t17-,18-/m1/s1. The maximum atomic E-state index is 13.0. The van der Waals surface area contributed by atoms with Gasteiger partial charge >= 0.3 is 0 Å². The van der Waals surface area contributed by atoms with Gasteiger partial charge in [0, 0.05) is 17.1 Å². The van der Waals surface area contributed by atoms with Gasteiger partial charge in [0.25, 0.3) is 5.91 Å². The molecule has 2 rings (SSSR count). The Balaban J connectivity index is 2.13. The summed E-state index contributed by atoms with van der Waals surface area (Å²) < 4.78 is 6.62. The second-order valence-corrected chi connectivity index (χ2v) is 8.16. The van der Waals surface area contributed by atoms with Crippen LogP contribution in [0.1, 0.15) is 38.3 Å². The van der Waals surface area contributed by atoms with E-state index >= 15 is 0 Å². The lowest BCUT2D eigenvalue weighted by Gasteiger charge is -2.29. The van der Waals surface area contributed by atoms with E-state index in [4.69, 9.17) is 4.74 Å². The summed E-state index contributed by atoms with van der Waals surface area (Å²) in [6.07, 6.45) is 0.829. The number of carbonyl (C=O) groups is 2. The van der Waals surface area contributed by atoms with Crippen LogP contribution in [0.15, 0.2) is 53.0 Å². The molecule has 0 spiro atoms. The van der Waals surface area contributed by atoms with Gasteiger partial charge in [-0.3, -0.25) is 9.59 Å². The molecule has 0 bridgehead atoms. The Hall–Kier alpha value is -2.34. The molecule has 2 aromatic carbocycles. The average molecular weight is 461 g/mol. The number of aryl methyl sites for hydroxylation is 1. The van der Waals surface area contributed by atoms with E-state index in [1.165, 1.54) is 0 Å². The highest BCUT2D eigenvalue weighted by Gasteiger charge is 2.27. The minimum atomic E-state index is -0.609. The van der Waals surface area contributed by atoms with Crippen LogP contribution in [0, 0.1) is 6.92 Å². The van der Waals surface area contributed by atoms with Gasteiger partial charge in [-0.25, -0.2) is 0 Å². The van der Waals surface area contributed by atoms with Crippen LogP contribution in [-0.4, -0.2) is 35.4 Å². The third kappa shape index (κ3) is 7.20. The largest absolute Gasteiger partial charge is 0.484 e. The molecule has 0 fully saturated rings. The molecule has 0 aliphatic heterocycles. The van der Waals surface area contributed by atoms with E-state index in [1.807, 2.05) is 69.3 Å². The first-order valence-electron chi connectivity index (χ1n) is 9.84. The highest BCUT2D eigenvalue weighted by atomic mass is 79.9. The van der Waals surface area contributed by atoms with E-state index in [9.17, 15) is 9.59 Å². The summed E-state index contributed by atoms with van der Waals surface area (Å²) in [4.78, 5) is 27.2. The van der Waals surface area contributed by atoms with Crippen LogP contribution in [0.3, 0.4) is 0 Å². The molecular formula is C23H29BrN2O3. The molecule has 5 nitrogen and oxygen atoms in total. The SMILES string of the molecule is CC[C@@H](C)NC(=O)[C@@H](C)N(Cc1ccc(Br)cc1)C(=O)COc1ccc(C)cc1. The van der Waals surface area contributed by atoms with Crippen molar-refractivity contribution in [2.75, 3.05) is 6.61 Å². The molecule has 0 radical (unpaired) electrons. The normalized spacial score (nSPS) is 12.7. The molecule has 6 heteroatoms. The smallest absolute Gasteiger partial charge is 0.261 e. The van der Waals surface area contributed by atoms with E-state index in [0.717, 1.165) is 22.0 Å². The number of carbonyl (C=O) groups excluding carboxylic acids is 2. The molecule has 2 aromatic rings. The lowest BCUT2D eigenvalue weighted by atomic mass is 10.1. The number of halogens is 1. The topological polar surface area (TPSA) is 58.6 Å². The van der Waals surface area contributed by atoms with Crippen molar-refractivity contribution in [2.45, 2.75) is 52.7 Å². The molecule has 29 heavy (non-hydrogen) atoms. The monoisotopic (exact) mass is 460 g/mol. The van der Waals surface area contributed by atoms with Gasteiger partial charge in [0.15, 0.2) is 6.61 Å². The van der Waals surface area contributed by atoms with Crippen molar-refractivity contribution >= 4 is 27.7 Å². The highest BCUT2D eigenvalue weighted by Crippen LogP contribution is 2.16. The quantitative estimate of drug-likeness (QED) is 0.600. The summed E-state index contributed by atoms with van der Waals surface area (Å²) in [5, 5.41) is 2.96. The predicted molar refractivity (Wildman–Crippen MR) is 119 cm³/mol. The molecule has 2 atom stereocenters. The first-order valence-corrected chi connectivity index (χ1v) is 10.6. The van der Waals surface area contributed by atoms with Gasteiger partial charge in [-0.05, 0) is 57.0 Å². The molecule has 0 aliphatic carbocycles. The third-order valence-corrected chi connectivity index (χ3v) is 5.35. The number of rotatable bonds is 9. The Morgan fingerprint density at radius 1 is 1.07 bits per heavy atom. The summed E-state index contributed by atoms with van der Waals surface area (Å²) in [7, 11) is 0. The first-order chi connectivity index (χ1) is 13.8. The molecule has 0 heterocycles. The van der Waals surface area contributed by atoms with Crippen LogP contribution in [0.5, 0.6) is 5.75 Å². The lowest BCUT2D eigenvalue weighted by Crippen LogP contribution is -2.50. The number of nitrogens with zero attached hydrogens (tertiary/aromatic N) is 1. The fraction of sp³-hybridized carbons (Fsp3) is 0.391. The Labute approximate surface area is 181 Å². The Kier molecular flexibility index (Phi) is 8.70. The third-order valence-electron chi connectivity index (χ3n) is 4.82. The minimum Gasteiger partial charge on any atom is -0.484 e. The number of benzene rings is 2. The zero-order valence-electron chi connectivity index (χ0n) is 17.4. The fourth-order valence-electron chi connectivity index (χ4n) is 2.70. The van der Waals surface area contributed by atoms with Gasteiger partial charge in [-0.15, -0.1) is 0 Å². The molecule has 0 aliphatic rings. The van der Waals surface area contributed by atoms with Gasteiger partial charge in [-0.2, -0.15) is 0 Å². The number of hydrogen-bond acceptors (Lipinski definition) is 3. The van der Waals surface area contributed by atoms with Gasteiger partial charge < -0.3 is 15.0 Å². The van der Waals surface area contributed by atoms with E-state index in [2.05, 4.69) is 21.2 Å². The van der Waals surface area contributed by atoms with Crippen LogP contribution >= 0.6 is 15.9 Å². The van der Waals surface area contributed by atoms with Gasteiger partial charge in [0.1, 0.15) is 11.8 Å². The maximum Gasteiger partial charge on any atom is 0.261 e. The van der Waals surface area contributed by atoms with E-state index < -0.39 is 6.04 Å². The number of hydrogen-bond donors (Lipinski definition) is 1. The van der Waals surface area contributed by atoms with Gasteiger partial charge in [0.2, 0.25) is 5.91 Å². The van der Waals surface area contributed by atoms with E-state index in [0.29, 0.717) is 12.3 Å². The van der Waals surface area contributed by atoms with Crippen LogP contribution in [0.25, 0.3) is 0 Å². The van der Waals surface area contributed by atoms with Crippen molar-refractivity contribution in [2.24, 2.45) is 0 Å². The predicted octanol–water partition coefficient (Wildman–Crippen LogP) is 4.47. The molecule has 0 saturated carbocycles. The summed E-state index contributed by atoms with van der Waals surface area (Å²) in [6.45, 7) is 7.91. The summed E-state index contributed by atoms with van der Waals surface area (Å²) in [6, 6.07) is 14.7. The molecule has 0 unspecified atom stereocenters. The lowest BCUT2D eigenvalue weighted by molar-refractivity contribution is -0.142. The number of ether oxygens (including phenoxy) is 1. The van der Waals surface area contributed by atoms with Gasteiger partial charge in [-0.1, -0.05) is 52.7 Å². The van der Waals surface area contributed by atoms with Crippen LogP contribution in [0.2, 0.25) is 0 Å². The zero-order valence-corrected chi connectivity index (χ0v) is 19.0. The Morgan fingerprint density at radius 3 is 2.28 bits per heavy atom. The molecule has 2 amide bonds. The minimum absolute atomic E-state index is 0.0541. The van der Waals surface area contributed by atoms with Crippen LogP contribution in [-0.2, 0) is 16.1 Å². The van der Waals surface area contributed by atoms with Crippen LogP contribution in [0.4, 0.5) is 0 Å². The van der Waals surface area contributed by atoms with Gasteiger partial charge in [0.05, 0.1) is 0 Å². The Morgan fingerprint density at radius 2 is 1.69 bits per heavy atom. The van der Waals surface area contributed by atoms with Crippen molar-refractivity contribution in [3.8, 4) is 5.75 Å². The molecule has 156 valence electrons. The second kappa shape index (κ2) is 11.0. The molecule has 1 N–H and O–H groups in total. The number of nitrogens with one attached hydrogen (secondary N) is 1. The van der Waals surface area contributed by atoms with Crippen molar-refractivity contribution < 1.29 is 14.3 Å². The zero-order chi connectivity index (χ0) is 21.4. The maximum absolute atomic E-state index is 13.0. The Bertz CT molecular complexity index is 806. The molecule has 0 aromatic heterocycles. The van der Waals surface area contributed by atoms with Crippen molar-refractivity contribution in [3.05, 3.63) is 64.1 Å². The fourth-order valence-corrected chi connectivity index (χ4v) is 2.96.